The topological polar surface area (TPSA) is 50.7 Å². The molecule has 0 radical (unpaired) electrons. The van der Waals surface area contributed by atoms with Crippen molar-refractivity contribution < 1.29 is 4.39 Å². The van der Waals surface area contributed by atoms with E-state index in [1.165, 1.54) is 10.6 Å². The molecular weight excluding hydrogens is 185 g/mol. The maximum atomic E-state index is 12.8. The lowest BCUT2D eigenvalue weighted by Gasteiger charge is -2.07. The molecule has 0 saturated carbocycles. The van der Waals surface area contributed by atoms with Crippen molar-refractivity contribution in [1.29, 1.82) is 0 Å². The number of fused-ring (bicyclic) bond motifs is 1. The van der Waals surface area contributed by atoms with Crippen LogP contribution in [0.1, 0.15) is 19.9 Å². The standard InChI is InChI=1S/C9H10FN3O/c1-5(2)13-4-6-3-7(10)11-8(6)12-9(13)14/h3-5H,1-2H3,(H,11,12,14). The monoisotopic (exact) mass is 195 g/mol. The van der Waals surface area contributed by atoms with Crippen LogP contribution in [0.5, 0.6) is 0 Å². The zero-order valence-electron chi connectivity index (χ0n) is 7.91. The van der Waals surface area contributed by atoms with E-state index in [9.17, 15) is 9.18 Å². The van der Waals surface area contributed by atoms with Crippen molar-refractivity contribution in [2.45, 2.75) is 19.9 Å². The van der Waals surface area contributed by atoms with E-state index in [2.05, 4.69) is 9.97 Å². The zero-order chi connectivity index (χ0) is 10.3. The highest BCUT2D eigenvalue weighted by atomic mass is 19.1. The summed E-state index contributed by atoms with van der Waals surface area (Å²) in [6, 6.07) is 1.35. The number of halogens is 1. The average Bonchev–Trinajstić information content (AvgIpc) is 2.42. The van der Waals surface area contributed by atoms with Crippen molar-refractivity contribution in [3.63, 3.8) is 0 Å². The molecule has 0 amide bonds. The lowest BCUT2D eigenvalue weighted by atomic mass is 10.3. The second kappa shape index (κ2) is 2.94. The lowest BCUT2D eigenvalue weighted by Crippen LogP contribution is -2.23. The summed E-state index contributed by atoms with van der Waals surface area (Å²) >= 11 is 0. The molecule has 0 unspecified atom stereocenters. The Morgan fingerprint density at radius 3 is 2.93 bits per heavy atom. The summed E-state index contributed by atoms with van der Waals surface area (Å²) in [4.78, 5) is 17.5. The highest BCUT2D eigenvalue weighted by Crippen LogP contribution is 2.11. The zero-order valence-corrected chi connectivity index (χ0v) is 7.91. The first-order valence-corrected chi connectivity index (χ1v) is 4.35. The van der Waals surface area contributed by atoms with E-state index < -0.39 is 5.95 Å². The Hall–Kier alpha value is -1.65. The largest absolute Gasteiger partial charge is 0.349 e. The van der Waals surface area contributed by atoms with Crippen LogP contribution in [0, 0.1) is 5.95 Å². The number of nitrogens with zero attached hydrogens (tertiary/aromatic N) is 2. The molecule has 2 aromatic heterocycles. The number of nitrogens with one attached hydrogen (secondary N) is 1. The van der Waals surface area contributed by atoms with Gasteiger partial charge in [0.2, 0.25) is 0 Å². The van der Waals surface area contributed by atoms with Gasteiger partial charge in [0.25, 0.3) is 0 Å². The van der Waals surface area contributed by atoms with Crippen LogP contribution in [-0.4, -0.2) is 14.5 Å². The predicted molar refractivity (Wildman–Crippen MR) is 50.7 cm³/mol. The Morgan fingerprint density at radius 2 is 2.29 bits per heavy atom. The van der Waals surface area contributed by atoms with Gasteiger partial charge >= 0.3 is 5.69 Å². The van der Waals surface area contributed by atoms with E-state index in [0.29, 0.717) is 11.0 Å². The number of aromatic amines is 1. The third kappa shape index (κ3) is 1.30. The molecule has 5 heteroatoms. The first-order chi connectivity index (χ1) is 6.58. The fourth-order valence-corrected chi connectivity index (χ4v) is 1.35. The van der Waals surface area contributed by atoms with Gasteiger partial charge in [-0.25, -0.2) is 4.79 Å². The smallest absolute Gasteiger partial charge is 0.316 e. The summed E-state index contributed by atoms with van der Waals surface area (Å²) in [6.07, 6.45) is 1.61. The van der Waals surface area contributed by atoms with Gasteiger partial charge < -0.3 is 4.98 Å². The van der Waals surface area contributed by atoms with Crippen molar-refractivity contribution in [1.82, 2.24) is 14.5 Å². The number of hydrogen-bond donors (Lipinski definition) is 1. The Labute approximate surface area is 79.4 Å². The van der Waals surface area contributed by atoms with Crippen molar-refractivity contribution in [3.8, 4) is 0 Å². The molecule has 2 heterocycles. The van der Waals surface area contributed by atoms with Crippen molar-refractivity contribution in [2.75, 3.05) is 0 Å². The minimum atomic E-state index is -0.478. The van der Waals surface area contributed by atoms with Gasteiger partial charge in [-0.15, -0.1) is 0 Å². The molecule has 0 spiro atoms. The average molecular weight is 195 g/mol. The fourth-order valence-electron chi connectivity index (χ4n) is 1.35. The summed E-state index contributed by atoms with van der Waals surface area (Å²) in [5.74, 6) is -0.478. The van der Waals surface area contributed by atoms with Crippen molar-refractivity contribution in [3.05, 3.63) is 28.7 Å². The first kappa shape index (κ1) is 8.93. The highest BCUT2D eigenvalue weighted by Gasteiger charge is 2.07. The van der Waals surface area contributed by atoms with E-state index in [1.807, 2.05) is 13.8 Å². The lowest BCUT2D eigenvalue weighted by molar-refractivity contribution is 0.568. The second-order valence-corrected chi connectivity index (χ2v) is 3.45. The molecule has 1 N–H and O–H groups in total. The van der Waals surface area contributed by atoms with Crippen LogP contribution in [0.15, 0.2) is 17.1 Å². The quantitative estimate of drug-likeness (QED) is 0.748. The number of rotatable bonds is 1. The Kier molecular flexibility index (Phi) is 1.87. The number of hydrogen-bond acceptors (Lipinski definition) is 2. The van der Waals surface area contributed by atoms with Crippen LogP contribution in [0.25, 0.3) is 11.0 Å². The molecular formula is C9H10FN3O. The van der Waals surface area contributed by atoms with Gasteiger partial charge in [-0.3, -0.25) is 4.57 Å². The molecule has 0 atom stereocenters. The van der Waals surface area contributed by atoms with Crippen LogP contribution in [0.3, 0.4) is 0 Å². The summed E-state index contributed by atoms with van der Waals surface area (Å²) < 4.78 is 14.2. The van der Waals surface area contributed by atoms with E-state index in [4.69, 9.17) is 0 Å². The summed E-state index contributed by atoms with van der Waals surface area (Å²) in [7, 11) is 0. The maximum absolute atomic E-state index is 12.8. The van der Waals surface area contributed by atoms with E-state index in [-0.39, 0.29) is 11.7 Å². The summed E-state index contributed by atoms with van der Waals surface area (Å²) in [6.45, 7) is 3.75. The summed E-state index contributed by atoms with van der Waals surface area (Å²) in [5, 5.41) is 0.607. The first-order valence-electron chi connectivity index (χ1n) is 4.35. The molecule has 2 aromatic rings. The Morgan fingerprint density at radius 1 is 1.57 bits per heavy atom. The molecule has 0 aliphatic heterocycles. The molecule has 0 fully saturated rings. The van der Waals surface area contributed by atoms with Crippen molar-refractivity contribution >= 4 is 11.0 Å². The van der Waals surface area contributed by atoms with Crippen LogP contribution in [0.2, 0.25) is 0 Å². The van der Waals surface area contributed by atoms with Crippen molar-refractivity contribution in [2.24, 2.45) is 0 Å². The van der Waals surface area contributed by atoms with Crippen LogP contribution < -0.4 is 5.69 Å². The van der Waals surface area contributed by atoms with Gasteiger partial charge in [-0.1, -0.05) is 0 Å². The number of H-pyrrole nitrogens is 1. The minimum absolute atomic E-state index is 0.0253. The molecule has 0 aliphatic rings. The van der Waals surface area contributed by atoms with Gasteiger partial charge in [0.05, 0.1) is 0 Å². The van der Waals surface area contributed by atoms with Gasteiger partial charge in [0.1, 0.15) is 5.65 Å². The molecule has 0 bridgehead atoms. The van der Waals surface area contributed by atoms with Gasteiger partial charge in [0, 0.05) is 23.7 Å². The molecule has 14 heavy (non-hydrogen) atoms. The van der Waals surface area contributed by atoms with E-state index in [0.717, 1.165) is 0 Å². The van der Waals surface area contributed by atoms with Gasteiger partial charge in [0.15, 0.2) is 5.95 Å². The fraction of sp³-hybridized carbons (Fsp3) is 0.333. The Balaban J connectivity index is 2.76. The van der Waals surface area contributed by atoms with Crippen LogP contribution >= 0.6 is 0 Å². The molecule has 0 aliphatic carbocycles. The number of aromatic nitrogens is 3. The molecule has 0 aromatic carbocycles. The van der Waals surface area contributed by atoms with Crippen LogP contribution in [0.4, 0.5) is 4.39 Å². The van der Waals surface area contributed by atoms with E-state index in [1.54, 1.807) is 6.20 Å². The maximum Gasteiger partial charge on any atom is 0.349 e. The van der Waals surface area contributed by atoms with Crippen LogP contribution in [-0.2, 0) is 0 Å². The third-order valence-electron chi connectivity index (χ3n) is 2.06. The predicted octanol–water partition coefficient (Wildman–Crippen LogP) is 1.44. The summed E-state index contributed by atoms with van der Waals surface area (Å²) in [5.41, 5.74) is -0.0706. The normalized spacial score (nSPS) is 11.4. The second-order valence-electron chi connectivity index (χ2n) is 3.45. The Bertz CT molecular complexity index is 526. The SMILES string of the molecule is CC(C)n1cc2cc(F)[nH]c2nc1=O. The molecule has 0 saturated heterocycles. The third-order valence-corrected chi connectivity index (χ3v) is 2.06. The van der Waals surface area contributed by atoms with Gasteiger partial charge in [-0.2, -0.15) is 9.37 Å². The van der Waals surface area contributed by atoms with E-state index >= 15 is 0 Å². The molecule has 4 nitrogen and oxygen atoms in total. The minimum Gasteiger partial charge on any atom is -0.316 e. The van der Waals surface area contributed by atoms with Gasteiger partial charge in [-0.05, 0) is 13.8 Å². The highest BCUT2D eigenvalue weighted by molar-refractivity contribution is 5.74. The molecule has 74 valence electrons. The molecule has 2 rings (SSSR count).